The molecule has 2 aliphatic heterocycles. The van der Waals surface area contributed by atoms with Crippen molar-refractivity contribution in [2.24, 2.45) is 17.8 Å². The first-order valence-electron chi connectivity index (χ1n) is 11.0. The van der Waals surface area contributed by atoms with E-state index in [9.17, 15) is 4.79 Å². The molecule has 1 fully saturated rings. The summed E-state index contributed by atoms with van der Waals surface area (Å²) < 4.78 is 13.0. The van der Waals surface area contributed by atoms with E-state index < -0.39 is 0 Å². The molecule has 33 heavy (non-hydrogen) atoms. The van der Waals surface area contributed by atoms with E-state index in [0.717, 1.165) is 53.1 Å². The van der Waals surface area contributed by atoms with Crippen LogP contribution in [0.4, 0.5) is 10.5 Å². The van der Waals surface area contributed by atoms with E-state index in [2.05, 4.69) is 10.1 Å². The Labute approximate surface area is 193 Å². The standard InChI is InChI=1S/C13H13N3O.C12H16N2O2/c1-16-8-9(7-15-16)10-3-4-12(17-2)11-5-6-14-13(10)11;13-12(15)14-8-6-11(7-9-14)16-10-4-2-1-3-5-10/h3-4,6-8H,5H2,1-2H3;1-5,11H,6-9H2,(H2,13,15). The van der Waals surface area contributed by atoms with Gasteiger partial charge >= 0.3 is 6.03 Å². The second kappa shape index (κ2) is 10.2. The molecular formula is C25H29N5O3. The summed E-state index contributed by atoms with van der Waals surface area (Å²) in [7, 11) is 3.61. The van der Waals surface area contributed by atoms with Gasteiger partial charge in [-0.3, -0.25) is 9.67 Å². The molecule has 2 amide bonds. The Balaban J connectivity index is 0.000000157. The minimum absolute atomic E-state index is 0.193. The number of aryl methyl sites for hydroxylation is 1. The van der Waals surface area contributed by atoms with Gasteiger partial charge in [0.15, 0.2) is 0 Å². The van der Waals surface area contributed by atoms with Crippen LogP contribution in [0.25, 0.3) is 11.1 Å². The molecule has 172 valence electrons. The number of amides is 2. The van der Waals surface area contributed by atoms with Gasteiger partial charge in [-0.15, -0.1) is 0 Å². The zero-order valence-electron chi connectivity index (χ0n) is 19.0. The average Bonchev–Trinajstić information content (AvgIpc) is 3.49. The molecule has 2 aliphatic rings. The van der Waals surface area contributed by atoms with E-state index in [1.54, 1.807) is 16.7 Å². The zero-order chi connectivity index (χ0) is 23.2. The quantitative estimate of drug-likeness (QED) is 0.655. The third kappa shape index (κ3) is 5.34. The summed E-state index contributed by atoms with van der Waals surface area (Å²) in [5.41, 5.74) is 9.59. The number of para-hydroxylation sites is 1. The molecule has 0 atom stereocenters. The fraction of sp³-hybridized carbons (Fsp3) is 0.320. The number of rotatable bonds is 4. The number of likely N-dealkylation sites (tertiary alicyclic amines) is 1. The second-order valence-electron chi connectivity index (χ2n) is 8.02. The van der Waals surface area contributed by atoms with Crippen molar-refractivity contribution >= 4 is 17.9 Å². The van der Waals surface area contributed by atoms with Crippen LogP contribution in [0.5, 0.6) is 11.5 Å². The number of carbonyl (C=O) groups is 1. The molecule has 8 heteroatoms. The van der Waals surface area contributed by atoms with E-state index in [0.29, 0.717) is 13.1 Å². The molecule has 8 nitrogen and oxygen atoms in total. The van der Waals surface area contributed by atoms with Crippen LogP contribution in [-0.2, 0) is 13.5 Å². The van der Waals surface area contributed by atoms with Crippen molar-refractivity contribution < 1.29 is 14.3 Å². The topological polar surface area (TPSA) is 95.0 Å². The molecule has 5 rings (SSSR count). The van der Waals surface area contributed by atoms with Crippen molar-refractivity contribution in [1.82, 2.24) is 14.7 Å². The highest BCUT2D eigenvalue weighted by Gasteiger charge is 2.22. The van der Waals surface area contributed by atoms with Crippen LogP contribution in [0, 0.1) is 0 Å². The molecule has 3 heterocycles. The molecule has 1 aromatic heterocycles. The summed E-state index contributed by atoms with van der Waals surface area (Å²) in [6, 6.07) is 13.5. The molecular weight excluding hydrogens is 418 g/mol. The number of fused-ring (bicyclic) bond motifs is 1. The molecule has 0 unspecified atom stereocenters. The molecule has 0 radical (unpaired) electrons. The molecule has 0 spiro atoms. The van der Waals surface area contributed by atoms with Crippen LogP contribution < -0.4 is 15.2 Å². The number of urea groups is 1. The molecule has 0 saturated carbocycles. The smallest absolute Gasteiger partial charge is 0.314 e. The fourth-order valence-corrected chi connectivity index (χ4v) is 4.06. The number of nitrogens with zero attached hydrogens (tertiary/aromatic N) is 4. The highest BCUT2D eigenvalue weighted by Crippen LogP contribution is 2.40. The summed E-state index contributed by atoms with van der Waals surface area (Å²) in [6.45, 7) is 1.37. The zero-order valence-corrected chi connectivity index (χ0v) is 19.0. The number of ether oxygens (including phenoxy) is 2. The van der Waals surface area contributed by atoms with Gasteiger partial charge < -0.3 is 20.1 Å². The third-order valence-electron chi connectivity index (χ3n) is 5.79. The number of methoxy groups -OCH3 is 1. The molecule has 0 aliphatic carbocycles. The van der Waals surface area contributed by atoms with Crippen molar-refractivity contribution in [2.75, 3.05) is 20.2 Å². The number of hydrogen-bond acceptors (Lipinski definition) is 5. The Bertz CT molecular complexity index is 1120. The second-order valence-corrected chi connectivity index (χ2v) is 8.02. The number of carbonyl (C=O) groups excluding carboxylic acids is 1. The van der Waals surface area contributed by atoms with Gasteiger partial charge in [-0.25, -0.2) is 4.79 Å². The Hall–Kier alpha value is -3.81. The normalized spacial score (nSPS) is 14.9. The lowest BCUT2D eigenvalue weighted by Gasteiger charge is -2.30. The van der Waals surface area contributed by atoms with Crippen LogP contribution in [0.1, 0.15) is 18.4 Å². The summed E-state index contributed by atoms with van der Waals surface area (Å²) in [5.74, 6) is 1.80. The maximum Gasteiger partial charge on any atom is 0.314 e. The summed E-state index contributed by atoms with van der Waals surface area (Å²) in [6.07, 6.45) is 8.50. The summed E-state index contributed by atoms with van der Waals surface area (Å²) in [5, 5.41) is 4.19. The van der Waals surface area contributed by atoms with Crippen LogP contribution >= 0.6 is 0 Å². The Kier molecular flexibility index (Phi) is 6.92. The van der Waals surface area contributed by atoms with Gasteiger partial charge in [-0.2, -0.15) is 5.10 Å². The average molecular weight is 448 g/mol. The van der Waals surface area contributed by atoms with Gasteiger partial charge in [0.05, 0.1) is 19.0 Å². The van der Waals surface area contributed by atoms with Crippen molar-refractivity contribution in [1.29, 1.82) is 0 Å². The summed E-state index contributed by atoms with van der Waals surface area (Å²) in [4.78, 5) is 17.0. The monoisotopic (exact) mass is 447 g/mol. The predicted octanol–water partition coefficient (Wildman–Crippen LogP) is 3.96. The van der Waals surface area contributed by atoms with Crippen LogP contribution in [0.15, 0.2) is 59.9 Å². The van der Waals surface area contributed by atoms with E-state index >= 15 is 0 Å². The van der Waals surface area contributed by atoms with Gasteiger partial charge in [0, 0.05) is 68.5 Å². The first-order valence-corrected chi connectivity index (χ1v) is 11.0. The van der Waals surface area contributed by atoms with Crippen LogP contribution in [0.2, 0.25) is 0 Å². The first kappa shape index (κ1) is 22.4. The van der Waals surface area contributed by atoms with E-state index in [-0.39, 0.29) is 12.1 Å². The van der Waals surface area contributed by atoms with Crippen molar-refractivity contribution in [3.8, 4) is 22.6 Å². The van der Waals surface area contributed by atoms with Gasteiger partial charge in [0.1, 0.15) is 17.6 Å². The number of aromatic nitrogens is 2. The molecule has 0 bridgehead atoms. The van der Waals surface area contributed by atoms with E-state index in [1.807, 2.05) is 68.1 Å². The lowest BCUT2D eigenvalue weighted by molar-refractivity contribution is 0.114. The number of primary amides is 1. The van der Waals surface area contributed by atoms with Crippen molar-refractivity contribution in [3.05, 3.63) is 60.4 Å². The molecule has 2 aromatic carbocycles. The highest BCUT2D eigenvalue weighted by molar-refractivity contribution is 5.88. The first-order chi connectivity index (χ1) is 16.0. The van der Waals surface area contributed by atoms with Crippen molar-refractivity contribution in [2.45, 2.75) is 25.4 Å². The van der Waals surface area contributed by atoms with Crippen LogP contribution in [-0.4, -0.2) is 53.2 Å². The molecule has 3 aromatic rings. The molecule has 1 saturated heterocycles. The van der Waals surface area contributed by atoms with E-state index in [4.69, 9.17) is 15.2 Å². The summed E-state index contributed by atoms with van der Waals surface area (Å²) >= 11 is 0. The maximum absolute atomic E-state index is 10.9. The Morgan fingerprint density at radius 3 is 2.52 bits per heavy atom. The SMILES string of the molecule is COc1ccc(-c2cnn(C)c2)c2c1CC=N2.NC(=O)N1CCC(Oc2ccccc2)CC1. The lowest BCUT2D eigenvalue weighted by Crippen LogP contribution is -2.44. The lowest BCUT2D eigenvalue weighted by atomic mass is 10.0. The van der Waals surface area contributed by atoms with Gasteiger partial charge in [-0.05, 0) is 24.3 Å². The highest BCUT2D eigenvalue weighted by atomic mass is 16.5. The van der Waals surface area contributed by atoms with Gasteiger partial charge in [-0.1, -0.05) is 18.2 Å². The number of benzene rings is 2. The molecule has 2 N–H and O–H groups in total. The Morgan fingerprint density at radius 2 is 1.88 bits per heavy atom. The Morgan fingerprint density at radius 1 is 1.12 bits per heavy atom. The third-order valence-corrected chi connectivity index (χ3v) is 5.79. The van der Waals surface area contributed by atoms with E-state index in [1.165, 1.54) is 0 Å². The predicted molar refractivity (Wildman–Crippen MR) is 128 cm³/mol. The maximum atomic E-state index is 10.9. The largest absolute Gasteiger partial charge is 0.496 e. The number of nitrogens with two attached hydrogens (primary N) is 1. The van der Waals surface area contributed by atoms with Crippen LogP contribution in [0.3, 0.4) is 0 Å². The minimum Gasteiger partial charge on any atom is -0.496 e. The van der Waals surface area contributed by atoms with Gasteiger partial charge in [0.25, 0.3) is 0 Å². The number of piperidine rings is 1. The minimum atomic E-state index is -0.335. The fourth-order valence-electron chi connectivity index (χ4n) is 4.06. The number of aliphatic imine (C=N–C) groups is 1. The number of hydrogen-bond donors (Lipinski definition) is 1. The van der Waals surface area contributed by atoms with Gasteiger partial charge in [0.2, 0.25) is 0 Å². The van der Waals surface area contributed by atoms with Crippen molar-refractivity contribution in [3.63, 3.8) is 0 Å².